The van der Waals surface area contributed by atoms with Gasteiger partial charge in [0.15, 0.2) is 0 Å². The molecule has 1 amide bonds. The van der Waals surface area contributed by atoms with Crippen molar-refractivity contribution in [3.63, 3.8) is 0 Å². The van der Waals surface area contributed by atoms with Gasteiger partial charge in [-0.2, -0.15) is 0 Å². The molecule has 2 atom stereocenters. The van der Waals surface area contributed by atoms with Gasteiger partial charge in [-0.3, -0.25) is 4.79 Å². The molecular weight excluding hydrogens is 252 g/mol. The third-order valence-electron chi connectivity index (χ3n) is 3.98. The van der Waals surface area contributed by atoms with Gasteiger partial charge in [-0.15, -0.1) is 0 Å². The minimum Gasteiger partial charge on any atom is -0.493 e. The fraction of sp³-hybridized carbons (Fsp3) is 0.562. The third-order valence-corrected chi connectivity index (χ3v) is 3.98. The minimum absolute atomic E-state index is 0.160. The molecule has 108 valence electrons. The van der Waals surface area contributed by atoms with Gasteiger partial charge in [-0.05, 0) is 18.9 Å². The Balaban J connectivity index is 1.54. The molecule has 4 heteroatoms. The minimum atomic E-state index is 0.160. The molecule has 2 aliphatic rings. The van der Waals surface area contributed by atoms with Crippen LogP contribution in [0.25, 0.3) is 0 Å². The average Bonchev–Trinajstić information content (AvgIpc) is 3.25. The first-order chi connectivity index (χ1) is 9.74. The van der Waals surface area contributed by atoms with E-state index >= 15 is 0 Å². The SMILES string of the molecule is CC1COc2ccccc2C1NCCC(=O)NC1CC1. The molecule has 0 bridgehead atoms. The quantitative estimate of drug-likeness (QED) is 0.863. The number of nitrogens with one attached hydrogen (secondary N) is 2. The molecule has 1 saturated carbocycles. The molecule has 0 aromatic heterocycles. The number of para-hydroxylation sites is 1. The molecule has 0 radical (unpaired) electrons. The number of benzene rings is 1. The van der Waals surface area contributed by atoms with E-state index < -0.39 is 0 Å². The fourth-order valence-corrected chi connectivity index (χ4v) is 2.67. The molecule has 2 unspecified atom stereocenters. The first-order valence-electron chi connectivity index (χ1n) is 7.48. The van der Waals surface area contributed by atoms with E-state index in [1.54, 1.807) is 0 Å². The Bertz CT molecular complexity index is 485. The van der Waals surface area contributed by atoms with Gasteiger partial charge in [0.1, 0.15) is 5.75 Å². The predicted molar refractivity (Wildman–Crippen MR) is 77.6 cm³/mol. The van der Waals surface area contributed by atoms with Crippen molar-refractivity contribution < 1.29 is 9.53 Å². The van der Waals surface area contributed by atoms with Crippen LogP contribution in [-0.4, -0.2) is 25.1 Å². The molecule has 1 fully saturated rings. The number of rotatable bonds is 5. The zero-order chi connectivity index (χ0) is 13.9. The van der Waals surface area contributed by atoms with Crippen LogP contribution < -0.4 is 15.4 Å². The van der Waals surface area contributed by atoms with E-state index in [0.717, 1.165) is 25.2 Å². The van der Waals surface area contributed by atoms with Crippen molar-refractivity contribution >= 4 is 5.91 Å². The molecular formula is C16H22N2O2. The first kappa shape index (κ1) is 13.4. The lowest BCUT2D eigenvalue weighted by Gasteiger charge is -2.32. The monoisotopic (exact) mass is 274 g/mol. The van der Waals surface area contributed by atoms with Gasteiger partial charge in [0, 0.05) is 36.5 Å². The largest absolute Gasteiger partial charge is 0.493 e. The number of carbonyl (C=O) groups is 1. The van der Waals surface area contributed by atoms with Gasteiger partial charge in [-0.1, -0.05) is 25.1 Å². The van der Waals surface area contributed by atoms with Crippen molar-refractivity contribution in [2.24, 2.45) is 5.92 Å². The molecule has 1 heterocycles. The fourth-order valence-electron chi connectivity index (χ4n) is 2.67. The van der Waals surface area contributed by atoms with Crippen molar-refractivity contribution in [3.8, 4) is 5.75 Å². The third kappa shape index (κ3) is 3.12. The molecule has 0 saturated heterocycles. The summed E-state index contributed by atoms with van der Waals surface area (Å²) in [5.74, 6) is 1.54. The van der Waals surface area contributed by atoms with Gasteiger partial charge in [0.05, 0.1) is 6.61 Å². The first-order valence-corrected chi connectivity index (χ1v) is 7.48. The number of fused-ring (bicyclic) bond motifs is 1. The lowest BCUT2D eigenvalue weighted by Crippen LogP contribution is -2.36. The highest BCUT2D eigenvalue weighted by Crippen LogP contribution is 2.34. The number of carbonyl (C=O) groups excluding carboxylic acids is 1. The normalized spacial score (nSPS) is 24.6. The number of hydrogen-bond acceptors (Lipinski definition) is 3. The maximum atomic E-state index is 11.7. The highest BCUT2D eigenvalue weighted by atomic mass is 16.5. The van der Waals surface area contributed by atoms with Crippen LogP contribution in [0.5, 0.6) is 5.75 Å². The van der Waals surface area contributed by atoms with E-state index in [1.807, 2.05) is 18.2 Å². The van der Waals surface area contributed by atoms with Crippen LogP contribution in [0, 0.1) is 5.92 Å². The summed E-state index contributed by atoms with van der Waals surface area (Å²) in [6, 6.07) is 8.87. The second kappa shape index (κ2) is 5.83. The summed E-state index contributed by atoms with van der Waals surface area (Å²) in [5.41, 5.74) is 1.20. The summed E-state index contributed by atoms with van der Waals surface area (Å²) in [7, 11) is 0. The number of amides is 1. The standard InChI is InChI=1S/C16H22N2O2/c1-11-10-20-14-5-3-2-4-13(14)16(11)17-9-8-15(19)18-12-6-7-12/h2-5,11-12,16-17H,6-10H2,1H3,(H,18,19). The Hall–Kier alpha value is -1.55. The lowest BCUT2D eigenvalue weighted by atomic mass is 9.92. The average molecular weight is 274 g/mol. The Morgan fingerprint density at radius 2 is 2.15 bits per heavy atom. The number of hydrogen-bond donors (Lipinski definition) is 2. The van der Waals surface area contributed by atoms with Crippen LogP contribution in [0.3, 0.4) is 0 Å². The summed E-state index contributed by atoms with van der Waals surface area (Å²) in [6.45, 7) is 3.61. The van der Waals surface area contributed by atoms with Crippen LogP contribution in [0.1, 0.15) is 37.8 Å². The molecule has 4 nitrogen and oxygen atoms in total. The van der Waals surface area contributed by atoms with Gasteiger partial charge >= 0.3 is 0 Å². The maximum Gasteiger partial charge on any atom is 0.221 e. The summed E-state index contributed by atoms with van der Waals surface area (Å²) in [5, 5.41) is 6.53. The van der Waals surface area contributed by atoms with Gasteiger partial charge in [-0.25, -0.2) is 0 Å². The zero-order valence-corrected chi connectivity index (χ0v) is 11.9. The van der Waals surface area contributed by atoms with Crippen LogP contribution >= 0.6 is 0 Å². The van der Waals surface area contributed by atoms with Crippen LogP contribution in [0.15, 0.2) is 24.3 Å². The van der Waals surface area contributed by atoms with Crippen molar-refractivity contribution in [2.45, 2.75) is 38.3 Å². The van der Waals surface area contributed by atoms with E-state index in [1.165, 1.54) is 5.56 Å². The van der Waals surface area contributed by atoms with E-state index in [4.69, 9.17) is 4.74 Å². The molecule has 1 aromatic carbocycles. The molecule has 2 N–H and O–H groups in total. The molecule has 20 heavy (non-hydrogen) atoms. The van der Waals surface area contributed by atoms with Gasteiger partial charge in [0.25, 0.3) is 0 Å². The summed E-state index contributed by atoms with van der Waals surface area (Å²) >= 11 is 0. The second-order valence-electron chi connectivity index (χ2n) is 5.85. The Morgan fingerprint density at radius 1 is 1.35 bits per heavy atom. The maximum absolute atomic E-state index is 11.7. The van der Waals surface area contributed by atoms with Crippen molar-refractivity contribution in [1.82, 2.24) is 10.6 Å². The van der Waals surface area contributed by atoms with E-state index in [9.17, 15) is 4.79 Å². The molecule has 0 spiro atoms. The van der Waals surface area contributed by atoms with Crippen LogP contribution in [-0.2, 0) is 4.79 Å². The molecule has 1 aliphatic heterocycles. The smallest absolute Gasteiger partial charge is 0.221 e. The molecule has 3 rings (SSSR count). The highest BCUT2D eigenvalue weighted by Gasteiger charge is 2.27. The van der Waals surface area contributed by atoms with Crippen molar-refractivity contribution in [3.05, 3.63) is 29.8 Å². The molecule has 1 aromatic rings. The predicted octanol–water partition coefficient (Wildman–Crippen LogP) is 2.01. The second-order valence-corrected chi connectivity index (χ2v) is 5.85. The zero-order valence-electron chi connectivity index (χ0n) is 11.9. The lowest BCUT2D eigenvalue weighted by molar-refractivity contribution is -0.121. The highest BCUT2D eigenvalue weighted by molar-refractivity contribution is 5.76. The molecule has 1 aliphatic carbocycles. The van der Waals surface area contributed by atoms with E-state index in [0.29, 0.717) is 24.9 Å². The van der Waals surface area contributed by atoms with Gasteiger partial charge < -0.3 is 15.4 Å². The summed E-state index contributed by atoms with van der Waals surface area (Å²) in [4.78, 5) is 11.7. The summed E-state index contributed by atoms with van der Waals surface area (Å²) in [6.07, 6.45) is 2.83. The summed E-state index contributed by atoms with van der Waals surface area (Å²) < 4.78 is 5.73. The van der Waals surface area contributed by atoms with Crippen molar-refractivity contribution in [1.29, 1.82) is 0 Å². The Morgan fingerprint density at radius 3 is 2.95 bits per heavy atom. The topological polar surface area (TPSA) is 50.4 Å². The Kier molecular flexibility index (Phi) is 3.92. The van der Waals surface area contributed by atoms with Crippen molar-refractivity contribution in [2.75, 3.05) is 13.2 Å². The Labute approximate surface area is 119 Å². The van der Waals surface area contributed by atoms with Crippen LogP contribution in [0.2, 0.25) is 0 Å². The van der Waals surface area contributed by atoms with Gasteiger partial charge in [0.2, 0.25) is 5.91 Å². The number of ether oxygens (including phenoxy) is 1. The van der Waals surface area contributed by atoms with E-state index in [-0.39, 0.29) is 11.9 Å². The van der Waals surface area contributed by atoms with Crippen LogP contribution in [0.4, 0.5) is 0 Å². The van der Waals surface area contributed by atoms with E-state index in [2.05, 4.69) is 23.6 Å².